The number of benzene rings is 1. The molecule has 2 aliphatic rings. The van der Waals surface area contributed by atoms with Crippen molar-refractivity contribution in [2.24, 2.45) is 0 Å². The van der Waals surface area contributed by atoms with Gasteiger partial charge in [0.2, 0.25) is 5.91 Å². The van der Waals surface area contributed by atoms with Crippen LogP contribution in [0.5, 0.6) is 0 Å². The van der Waals surface area contributed by atoms with Crippen molar-refractivity contribution >= 4 is 23.4 Å². The van der Waals surface area contributed by atoms with Gasteiger partial charge in [-0.3, -0.25) is 9.69 Å². The number of amides is 1. The van der Waals surface area contributed by atoms with E-state index in [0.717, 1.165) is 23.2 Å². The largest absolute Gasteiger partial charge is 0.325 e. The SMILES string of the molecule is Cc1nnc(SCC(=O)Nc2ccc(CN3CCCC3)cc2)n1C1CC1. The third-order valence-electron chi connectivity index (χ3n) is 4.92. The number of carbonyl (C=O) groups is 1. The highest BCUT2D eigenvalue weighted by molar-refractivity contribution is 7.99. The van der Waals surface area contributed by atoms with Crippen LogP contribution in [0, 0.1) is 6.92 Å². The molecule has 0 unspecified atom stereocenters. The molecular weight excluding hydrogens is 346 g/mol. The Hall–Kier alpha value is -1.86. The predicted octanol–water partition coefficient (Wildman–Crippen LogP) is 3.25. The van der Waals surface area contributed by atoms with Crippen LogP contribution < -0.4 is 5.32 Å². The molecular formula is C19H25N5OS. The highest BCUT2D eigenvalue weighted by atomic mass is 32.2. The first-order valence-corrected chi connectivity index (χ1v) is 10.3. The van der Waals surface area contributed by atoms with Gasteiger partial charge < -0.3 is 9.88 Å². The van der Waals surface area contributed by atoms with Gasteiger partial charge in [0.25, 0.3) is 0 Å². The van der Waals surface area contributed by atoms with Gasteiger partial charge in [-0.15, -0.1) is 10.2 Å². The van der Waals surface area contributed by atoms with Gasteiger partial charge in [0.1, 0.15) is 5.82 Å². The Kier molecular flexibility index (Phi) is 5.26. The quantitative estimate of drug-likeness (QED) is 0.757. The molecule has 2 fully saturated rings. The molecule has 1 aliphatic carbocycles. The second kappa shape index (κ2) is 7.80. The van der Waals surface area contributed by atoms with Crippen LogP contribution in [0.4, 0.5) is 5.69 Å². The zero-order chi connectivity index (χ0) is 17.9. The van der Waals surface area contributed by atoms with Gasteiger partial charge >= 0.3 is 0 Å². The van der Waals surface area contributed by atoms with Crippen molar-refractivity contribution in [2.75, 3.05) is 24.2 Å². The van der Waals surface area contributed by atoms with E-state index >= 15 is 0 Å². The zero-order valence-electron chi connectivity index (χ0n) is 15.1. The van der Waals surface area contributed by atoms with Crippen LogP contribution in [-0.4, -0.2) is 44.4 Å². The summed E-state index contributed by atoms with van der Waals surface area (Å²) in [6.07, 6.45) is 4.98. The monoisotopic (exact) mass is 371 g/mol. The lowest BCUT2D eigenvalue weighted by Gasteiger charge is -2.14. The summed E-state index contributed by atoms with van der Waals surface area (Å²) >= 11 is 1.46. The lowest BCUT2D eigenvalue weighted by Crippen LogP contribution is -2.18. The standard InChI is InChI=1S/C19H25N5OS/c1-14-21-22-19(24(14)17-8-9-17)26-13-18(25)20-16-6-4-15(5-7-16)12-23-10-2-3-11-23/h4-7,17H,2-3,8-13H2,1H3,(H,20,25). The van der Waals surface area contributed by atoms with E-state index < -0.39 is 0 Å². The van der Waals surface area contributed by atoms with Gasteiger partial charge in [-0.25, -0.2) is 0 Å². The number of nitrogens with zero attached hydrogens (tertiary/aromatic N) is 4. The number of hydrogen-bond acceptors (Lipinski definition) is 5. The minimum absolute atomic E-state index is 0.00899. The molecule has 6 nitrogen and oxygen atoms in total. The van der Waals surface area contributed by atoms with E-state index in [1.54, 1.807) is 0 Å². The molecule has 1 aromatic carbocycles. The maximum Gasteiger partial charge on any atom is 0.234 e. The third-order valence-corrected chi connectivity index (χ3v) is 5.87. The molecule has 2 heterocycles. The van der Waals surface area contributed by atoms with Gasteiger partial charge in [0.15, 0.2) is 5.16 Å². The molecule has 0 spiro atoms. The molecule has 1 amide bonds. The van der Waals surface area contributed by atoms with Crippen LogP contribution in [0.1, 0.15) is 43.1 Å². The number of carbonyl (C=O) groups excluding carboxylic acids is 1. The molecule has 1 N–H and O–H groups in total. The fourth-order valence-electron chi connectivity index (χ4n) is 3.42. The van der Waals surface area contributed by atoms with E-state index in [9.17, 15) is 4.79 Å². The summed E-state index contributed by atoms with van der Waals surface area (Å²) in [7, 11) is 0. The fraction of sp³-hybridized carbons (Fsp3) is 0.526. The third kappa shape index (κ3) is 4.27. The van der Waals surface area contributed by atoms with Gasteiger partial charge in [0, 0.05) is 18.3 Å². The van der Waals surface area contributed by atoms with Gasteiger partial charge in [0.05, 0.1) is 5.75 Å². The van der Waals surface area contributed by atoms with Crippen molar-refractivity contribution in [1.29, 1.82) is 0 Å². The number of nitrogens with one attached hydrogen (secondary N) is 1. The molecule has 4 rings (SSSR count). The smallest absolute Gasteiger partial charge is 0.234 e. The molecule has 26 heavy (non-hydrogen) atoms. The van der Waals surface area contributed by atoms with Crippen LogP contribution >= 0.6 is 11.8 Å². The average Bonchev–Trinajstić information content (AvgIpc) is 3.20. The van der Waals surface area contributed by atoms with Gasteiger partial charge in [-0.2, -0.15) is 0 Å². The van der Waals surface area contributed by atoms with Gasteiger partial charge in [-0.1, -0.05) is 23.9 Å². The number of rotatable bonds is 7. The summed E-state index contributed by atoms with van der Waals surface area (Å²) in [5.74, 6) is 1.27. The zero-order valence-corrected chi connectivity index (χ0v) is 16.0. The van der Waals surface area contributed by atoms with Crippen molar-refractivity contribution in [3.05, 3.63) is 35.7 Å². The minimum atomic E-state index is -0.00899. The summed E-state index contributed by atoms with van der Waals surface area (Å²) in [6, 6.07) is 8.72. The van der Waals surface area contributed by atoms with Crippen molar-refractivity contribution in [1.82, 2.24) is 19.7 Å². The summed E-state index contributed by atoms with van der Waals surface area (Å²) in [5, 5.41) is 12.2. The summed E-state index contributed by atoms with van der Waals surface area (Å²) in [4.78, 5) is 14.7. The molecule has 2 aromatic rings. The minimum Gasteiger partial charge on any atom is -0.325 e. The first-order valence-electron chi connectivity index (χ1n) is 9.34. The van der Waals surface area contributed by atoms with Crippen molar-refractivity contribution in [2.45, 2.75) is 50.4 Å². The molecule has 7 heteroatoms. The number of aromatic nitrogens is 3. The van der Waals surface area contributed by atoms with E-state index in [0.29, 0.717) is 11.8 Å². The van der Waals surface area contributed by atoms with Crippen LogP contribution in [0.25, 0.3) is 0 Å². The normalized spacial score (nSPS) is 17.6. The van der Waals surface area contributed by atoms with Crippen molar-refractivity contribution < 1.29 is 4.79 Å². The lowest BCUT2D eigenvalue weighted by molar-refractivity contribution is -0.113. The average molecular weight is 372 g/mol. The van der Waals surface area contributed by atoms with Crippen LogP contribution in [0.2, 0.25) is 0 Å². The molecule has 0 radical (unpaired) electrons. The maximum absolute atomic E-state index is 12.3. The molecule has 0 atom stereocenters. The summed E-state index contributed by atoms with van der Waals surface area (Å²) in [5.41, 5.74) is 2.15. The predicted molar refractivity (Wildman–Crippen MR) is 103 cm³/mol. The van der Waals surface area contributed by atoms with Crippen molar-refractivity contribution in [3.8, 4) is 0 Å². The van der Waals surface area contributed by atoms with Crippen molar-refractivity contribution in [3.63, 3.8) is 0 Å². The lowest BCUT2D eigenvalue weighted by atomic mass is 10.2. The fourth-order valence-corrected chi connectivity index (χ4v) is 4.27. The van der Waals surface area contributed by atoms with Crippen LogP contribution in [0.15, 0.2) is 29.4 Å². The number of aryl methyl sites for hydroxylation is 1. The van der Waals surface area contributed by atoms with E-state index in [-0.39, 0.29) is 5.91 Å². The molecule has 1 saturated carbocycles. The Morgan fingerprint density at radius 1 is 1.19 bits per heavy atom. The Morgan fingerprint density at radius 3 is 2.62 bits per heavy atom. The van der Waals surface area contributed by atoms with E-state index in [2.05, 4.69) is 37.1 Å². The number of thioether (sulfide) groups is 1. The van der Waals surface area contributed by atoms with Gasteiger partial charge in [-0.05, 0) is 63.4 Å². The summed E-state index contributed by atoms with van der Waals surface area (Å²) in [6.45, 7) is 5.36. The first-order chi connectivity index (χ1) is 12.7. The number of anilines is 1. The molecule has 1 aromatic heterocycles. The molecule has 0 bridgehead atoms. The second-order valence-electron chi connectivity index (χ2n) is 7.15. The molecule has 1 saturated heterocycles. The summed E-state index contributed by atoms with van der Waals surface area (Å²) < 4.78 is 2.16. The Labute approximate surface area is 158 Å². The van der Waals surface area contributed by atoms with Crippen LogP contribution in [0.3, 0.4) is 0 Å². The van der Waals surface area contributed by atoms with E-state index in [1.807, 2.05) is 19.1 Å². The molecule has 138 valence electrons. The maximum atomic E-state index is 12.3. The number of hydrogen-bond donors (Lipinski definition) is 1. The second-order valence-corrected chi connectivity index (χ2v) is 8.09. The topological polar surface area (TPSA) is 63.1 Å². The Balaban J connectivity index is 1.28. The highest BCUT2D eigenvalue weighted by Gasteiger charge is 2.28. The first kappa shape index (κ1) is 17.5. The molecule has 1 aliphatic heterocycles. The Bertz CT molecular complexity index is 763. The highest BCUT2D eigenvalue weighted by Crippen LogP contribution is 2.38. The van der Waals surface area contributed by atoms with E-state index in [4.69, 9.17) is 0 Å². The number of likely N-dealkylation sites (tertiary alicyclic amines) is 1. The van der Waals surface area contributed by atoms with E-state index in [1.165, 1.54) is 56.1 Å². The Morgan fingerprint density at radius 2 is 1.92 bits per heavy atom. The van der Waals surface area contributed by atoms with Crippen LogP contribution in [-0.2, 0) is 11.3 Å².